The average molecular weight is 395 g/mol. The van der Waals surface area contributed by atoms with E-state index in [2.05, 4.69) is 10.1 Å². The molecule has 7 nitrogen and oxygen atoms in total. The molecule has 152 valence electrons. The molecule has 0 N–H and O–H groups in total. The van der Waals surface area contributed by atoms with Crippen molar-refractivity contribution in [2.24, 2.45) is 0 Å². The van der Waals surface area contributed by atoms with E-state index in [1.54, 1.807) is 26.2 Å². The van der Waals surface area contributed by atoms with Gasteiger partial charge in [0, 0.05) is 19.0 Å². The minimum absolute atomic E-state index is 0.00455. The molecule has 0 saturated heterocycles. The first-order chi connectivity index (χ1) is 14.0. The summed E-state index contributed by atoms with van der Waals surface area (Å²) in [6.07, 6.45) is 0.965. The Labute approximate surface area is 170 Å². The van der Waals surface area contributed by atoms with Gasteiger partial charge in [0.15, 0.2) is 11.5 Å². The zero-order chi connectivity index (χ0) is 20.8. The zero-order valence-electron chi connectivity index (χ0n) is 17.1. The topological polar surface area (TPSA) is 77.7 Å². The zero-order valence-corrected chi connectivity index (χ0v) is 17.1. The Morgan fingerprint density at radius 2 is 1.90 bits per heavy atom. The number of aromatic nitrogens is 2. The van der Waals surface area contributed by atoms with E-state index < -0.39 is 0 Å². The summed E-state index contributed by atoms with van der Waals surface area (Å²) in [7, 11) is 4.92. The number of ether oxygens (including phenoxy) is 2. The first-order valence-electron chi connectivity index (χ1n) is 9.34. The van der Waals surface area contributed by atoms with E-state index in [1.165, 1.54) is 0 Å². The lowest BCUT2D eigenvalue weighted by Gasteiger charge is -2.15. The van der Waals surface area contributed by atoms with Gasteiger partial charge in [-0.05, 0) is 37.1 Å². The molecule has 0 bridgehead atoms. The summed E-state index contributed by atoms with van der Waals surface area (Å²) in [5.41, 5.74) is 3.02. The smallest absolute Gasteiger partial charge is 0.246 e. The van der Waals surface area contributed by atoms with E-state index in [1.807, 2.05) is 49.4 Å². The second-order valence-corrected chi connectivity index (χ2v) is 6.82. The van der Waals surface area contributed by atoms with Gasteiger partial charge in [0.25, 0.3) is 0 Å². The molecule has 7 heteroatoms. The summed E-state index contributed by atoms with van der Waals surface area (Å²) >= 11 is 0. The van der Waals surface area contributed by atoms with Crippen LogP contribution in [0.15, 0.2) is 47.0 Å². The van der Waals surface area contributed by atoms with Crippen molar-refractivity contribution in [3.05, 3.63) is 59.5 Å². The first-order valence-corrected chi connectivity index (χ1v) is 9.34. The van der Waals surface area contributed by atoms with Gasteiger partial charge in [-0.15, -0.1) is 0 Å². The molecule has 3 rings (SSSR count). The highest BCUT2D eigenvalue weighted by molar-refractivity contribution is 5.76. The fourth-order valence-electron chi connectivity index (χ4n) is 2.99. The molecule has 0 aliphatic carbocycles. The maximum absolute atomic E-state index is 12.5. The quantitative estimate of drug-likeness (QED) is 0.579. The van der Waals surface area contributed by atoms with Crippen LogP contribution in [-0.2, 0) is 17.8 Å². The van der Waals surface area contributed by atoms with Gasteiger partial charge in [-0.3, -0.25) is 4.79 Å². The van der Waals surface area contributed by atoms with Gasteiger partial charge in [-0.1, -0.05) is 35.0 Å². The molecule has 0 fully saturated rings. The van der Waals surface area contributed by atoms with E-state index in [-0.39, 0.29) is 12.5 Å². The molecule has 2 aromatic carbocycles. The van der Waals surface area contributed by atoms with Gasteiger partial charge in [-0.2, -0.15) is 4.98 Å². The SMILES string of the molecule is COc1ccc(CCC(=O)N(C)Cc2nc(-c3cccc(C)c3)no2)cc1OC. The Balaban J connectivity index is 1.57. The fraction of sp³-hybridized carbons (Fsp3) is 0.318. The van der Waals surface area contributed by atoms with Gasteiger partial charge in [0.1, 0.15) is 0 Å². The van der Waals surface area contributed by atoms with Gasteiger partial charge in [0.2, 0.25) is 17.6 Å². The van der Waals surface area contributed by atoms with Crippen molar-refractivity contribution in [2.45, 2.75) is 26.3 Å². The van der Waals surface area contributed by atoms with Crippen LogP contribution in [0.1, 0.15) is 23.4 Å². The van der Waals surface area contributed by atoms with Gasteiger partial charge in [0.05, 0.1) is 20.8 Å². The van der Waals surface area contributed by atoms with Crippen molar-refractivity contribution < 1.29 is 18.8 Å². The number of carbonyl (C=O) groups excluding carboxylic acids is 1. The number of rotatable bonds is 8. The van der Waals surface area contributed by atoms with Crippen molar-refractivity contribution in [3.8, 4) is 22.9 Å². The summed E-state index contributed by atoms with van der Waals surface area (Å²) in [4.78, 5) is 18.5. The summed E-state index contributed by atoms with van der Waals surface area (Å²) in [5.74, 6) is 2.24. The molecule has 0 aliphatic heterocycles. The Bertz CT molecular complexity index is 984. The average Bonchev–Trinajstić information content (AvgIpc) is 3.20. The maximum atomic E-state index is 12.5. The van der Waals surface area contributed by atoms with E-state index >= 15 is 0 Å². The number of methoxy groups -OCH3 is 2. The minimum Gasteiger partial charge on any atom is -0.493 e. The van der Waals surface area contributed by atoms with E-state index in [0.717, 1.165) is 16.7 Å². The first kappa shape index (κ1) is 20.4. The van der Waals surface area contributed by atoms with Crippen LogP contribution in [-0.4, -0.2) is 42.2 Å². The molecule has 1 aromatic heterocycles. The van der Waals surface area contributed by atoms with Crippen LogP contribution in [0.25, 0.3) is 11.4 Å². The summed E-state index contributed by atoms with van der Waals surface area (Å²) < 4.78 is 15.9. The molecule has 1 heterocycles. The second-order valence-electron chi connectivity index (χ2n) is 6.82. The largest absolute Gasteiger partial charge is 0.493 e. The standard InChI is InChI=1S/C22H25N3O4/c1-15-6-5-7-17(12-15)22-23-20(29-24-22)14-25(2)21(26)11-9-16-8-10-18(27-3)19(13-16)28-4/h5-8,10,12-13H,9,11,14H2,1-4H3. The van der Waals surface area contributed by atoms with Crippen molar-refractivity contribution >= 4 is 5.91 Å². The molecule has 0 unspecified atom stereocenters. The third-order valence-corrected chi connectivity index (χ3v) is 4.62. The lowest BCUT2D eigenvalue weighted by atomic mass is 10.1. The molecule has 0 saturated carbocycles. The van der Waals surface area contributed by atoms with Crippen LogP contribution in [0, 0.1) is 6.92 Å². The van der Waals surface area contributed by atoms with Gasteiger partial charge in [-0.25, -0.2) is 0 Å². The number of carbonyl (C=O) groups is 1. The Morgan fingerprint density at radius 1 is 1.10 bits per heavy atom. The highest BCUT2D eigenvalue weighted by Crippen LogP contribution is 2.28. The molecule has 1 amide bonds. The Morgan fingerprint density at radius 3 is 2.62 bits per heavy atom. The van der Waals surface area contributed by atoms with Crippen LogP contribution in [0.3, 0.4) is 0 Å². The monoisotopic (exact) mass is 395 g/mol. The van der Waals surface area contributed by atoms with E-state index in [4.69, 9.17) is 14.0 Å². The molecule has 0 aliphatic rings. The maximum Gasteiger partial charge on any atom is 0.246 e. The highest BCUT2D eigenvalue weighted by Gasteiger charge is 2.15. The Hall–Kier alpha value is -3.35. The van der Waals surface area contributed by atoms with Crippen LogP contribution in [0.5, 0.6) is 11.5 Å². The number of hydrogen-bond donors (Lipinski definition) is 0. The summed E-state index contributed by atoms with van der Waals surface area (Å²) in [6.45, 7) is 2.28. The molecular weight excluding hydrogens is 370 g/mol. The number of benzene rings is 2. The van der Waals surface area contributed by atoms with E-state index in [9.17, 15) is 4.79 Å². The third kappa shape index (κ3) is 5.13. The number of hydrogen-bond acceptors (Lipinski definition) is 6. The normalized spacial score (nSPS) is 10.6. The third-order valence-electron chi connectivity index (χ3n) is 4.62. The van der Waals surface area contributed by atoms with Crippen molar-refractivity contribution in [2.75, 3.05) is 21.3 Å². The van der Waals surface area contributed by atoms with Gasteiger partial charge < -0.3 is 18.9 Å². The molecule has 3 aromatic rings. The summed E-state index contributed by atoms with van der Waals surface area (Å²) in [5, 5.41) is 4.02. The lowest BCUT2D eigenvalue weighted by molar-refractivity contribution is -0.130. The van der Waals surface area contributed by atoms with Crippen molar-refractivity contribution in [1.82, 2.24) is 15.0 Å². The van der Waals surface area contributed by atoms with Gasteiger partial charge >= 0.3 is 0 Å². The predicted molar refractivity (Wildman–Crippen MR) is 109 cm³/mol. The number of amides is 1. The van der Waals surface area contributed by atoms with Crippen LogP contribution < -0.4 is 9.47 Å². The predicted octanol–water partition coefficient (Wildman–Crippen LogP) is 3.65. The molecule has 0 spiro atoms. The number of aryl methyl sites for hydroxylation is 2. The van der Waals surface area contributed by atoms with Crippen LogP contribution >= 0.6 is 0 Å². The molecule has 29 heavy (non-hydrogen) atoms. The second kappa shape index (κ2) is 9.23. The highest BCUT2D eigenvalue weighted by atomic mass is 16.5. The van der Waals surface area contributed by atoms with Crippen molar-refractivity contribution in [3.63, 3.8) is 0 Å². The summed E-state index contributed by atoms with van der Waals surface area (Å²) in [6, 6.07) is 13.5. The van der Waals surface area contributed by atoms with Crippen LogP contribution in [0.2, 0.25) is 0 Å². The minimum atomic E-state index is -0.00455. The van der Waals surface area contributed by atoms with E-state index in [0.29, 0.717) is 36.1 Å². The Kier molecular flexibility index (Phi) is 6.49. The molecular formula is C22H25N3O4. The lowest BCUT2D eigenvalue weighted by Crippen LogP contribution is -2.26. The molecule has 0 radical (unpaired) electrons. The fourth-order valence-corrected chi connectivity index (χ4v) is 2.99. The van der Waals surface area contributed by atoms with Crippen molar-refractivity contribution in [1.29, 1.82) is 0 Å². The molecule has 0 atom stereocenters. The number of nitrogens with zero attached hydrogens (tertiary/aromatic N) is 3. The van der Waals surface area contributed by atoms with Crippen LogP contribution in [0.4, 0.5) is 0 Å².